The third kappa shape index (κ3) is 2.12. The molecule has 4 rings (SSSR count). The number of epoxide rings is 1. The molecule has 3 heterocycles. The maximum Gasteiger partial charge on any atom is 0.167 e. The molecule has 1 aliphatic carbocycles. The molecule has 0 aromatic heterocycles. The molecule has 7 unspecified atom stereocenters. The summed E-state index contributed by atoms with van der Waals surface area (Å²) in [5.74, 6) is 0.857. The van der Waals surface area contributed by atoms with Crippen LogP contribution in [-0.4, -0.2) is 40.4 Å². The molecule has 3 aliphatic heterocycles. The summed E-state index contributed by atoms with van der Waals surface area (Å²) in [5.41, 5.74) is -0.545. The molecule has 3 fully saturated rings. The number of hydrogen-bond donors (Lipinski definition) is 1. The summed E-state index contributed by atoms with van der Waals surface area (Å²) in [6.45, 7) is 10.4. The summed E-state index contributed by atoms with van der Waals surface area (Å²) >= 11 is 0. The molecule has 4 heteroatoms. The predicted molar refractivity (Wildman–Crippen MR) is 90.6 cm³/mol. The van der Waals surface area contributed by atoms with Gasteiger partial charge in [0.05, 0.1) is 18.3 Å². The molecular formula is C20H30O4. The van der Waals surface area contributed by atoms with E-state index in [-0.39, 0.29) is 29.0 Å². The van der Waals surface area contributed by atoms with E-state index in [4.69, 9.17) is 9.47 Å². The van der Waals surface area contributed by atoms with E-state index < -0.39 is 11.7 Å². The van der Waals surface area contributed by atoms with Crippen molar-refractivity contribution in [3.63, 3.8) is 0 Å². The second-order valence-corrected chi connectivity index (χ2v) is 9.32. The largest absolute Gasteiger partial charge is 0.380 e. The van der Waals surface area contributed by atoms with Gasteiger partial charge in [-0.05, 0) is 43.9 Å². The minimum absolute atomic E-state index is 0.0740. The quantitative estimate of drug-likeness (QED) is 0.591. The van der Waals surface area contributed by atoms with Gasteiger partial charge in [-0.25, -0.2) is 0 Å². The lowest BCUT2D eigenvalue weighted by molar-refractivity contribution is -0.169. The lowest BCUT2D eigenvalue weighted by atomic mass is 9.65. The van der Waals surface area contributed by atoms with Crippen molar-refractivity contribution in [3.05, 3.63) is 11.6 Å². The maximum absolute atomic E-state index is 13.1. The van der Waals surface area contributed by atoms with Gasteiger partial charge in [0.25, 0.3) is 0 Å². The minimum atomic E-state index is -1.44. The van der Waals surface area contributed by atoms with Gasteiger partial charge in [0.15, 0.2) is 5.78 Å². The van der Waals surface area contributed by atoms with Crippen molar-refractivity contribution in [3.8, 4) is 0 Å². The van der Waals surface area contributed by atoms with Crippen LogP contribution in [0.1, 0.15) is 60.3 Å². The highest BCUT2D eigenvalue weighted by Crippen LogP contribution is 2.57. The van der Waals surface area contributed by atoms with Crippen LogP contribution in [0.2, 0.25) is 0 Å². The molecule has 0 saturated carbocycles. The Morgan fingerprint density at radius 1 is 1.21 bits per heavy atom. The second kappa shape index (κ2) is 4.93. The van der Waals surface area contributed by atoms with Crippen LogP contribution in [0, 0.1) is 17.3 Å². The molecule has 0 amide bonds. The second-order valence-electron chi connectivity index (χ2n) is 9.32. The number of allylic oxidation sites excluding steroid dienone is 1. The Kier molecular flexibility index (Phi) is 3.44. The highest BCUT2D eigenvalue weighted by atomic mass is 16.7. The molecule has 3 saturated heterocycles. The number of rotatable bonds is 1. The first-order valence-corrected chi connectivity index (χ1v) is 9.37. The highest BCUT2D eigenvalue weighted by molar-refractivity contribution is 5.88. The Labute approximate surface area is 144 Å². The van der Waals surface area contributed by atoms with Gasteiger partial charge in [-0.2, -0.15) is 0 Å². The molecule has 4 aliphatic rings. The van der Waals surface area contributed by atoms with E-state index in [1.807, 2.05) is 0 Å². The van der Waals surface area contributed by atoms with Gasteiger partial charge < -0.3 is 14.6 Å². The number of ketones is 1. The molecule has 4 nitrogen and oxygen atoms in total. The summed E-state index contributed by atoms with van der Waals surface area (Å²) in [4.78, 5) is 13.1. The molecule has 1 N–H and O–H groups in total. The number of ether oxygens (including phenoxy) is 2. The van der Waals surface area contributed by atoms with Gasteiger partial charge in [-0.3, -0.25) is 4.79 Å². The monoisotopic (exact) mass is 334 g/mol. The molecule has 0 aromatic rings. The maximum atomic E-state index is 13.1. The van der Waals surface area contributed by atoms with Gasteiger partial charge in [0, 0.05) is 12.8 Å². The Hall–Kier alpha value is -0.710. The summed E-state index contributed by atoms with van der Waals surface area (Å²) in [7, 11) is 0. The van der Waals surface area contributed by atoms with Crippen molar-refractivity contribution in [1.82, 2.24) is 0 Å². The normalized spacial score (nSPS) is 53.6. The van der Waals surface area contributed by atoms with Crippen LogP contribution in [0.3, 0.4) is 0 Å². The lowest BCUT2D eigenvalue weighted by Crippen LogP contribution is -2.54. The van der Waals surface area contributed by atoms with Crippen LogP contribution < -0.4 is 0 Å². The van der Waals surface area contributed by atoms with Gasteiger partial charge >= 0.3 is 0 Å². The first-order valence-electron chi connectivity index (χ1n) is 9.37. The molecular weight excluding hydrogens is 304 g/mol. The number of fused-ring (bicyclic) bond motifs is 5. The molecule has 24 heavy (non-hydrogen) atoms. The fourth-order valence-corrected chi connectivity index (χ4v) is 5.50. The Morgan fingerprint density at radius 2 is 1.92 bits per heavy atom. The van der Waals surface area contributed by atoms with Crippen molar-refractivity contribution < 1.29 is 19.4 Å². The average molecular weight is 334 g/mol. The van der Waals surface area contributed by atoms with Crippen LogP contribution in [0.15, 0.2) is 11.6 Å². The van der Waals surface area contributed by atoms with Crippen molar-refractivity contribution in [1.29, 1.82) is 0 Å². The number of carbonyl (C=O) groups is 1. The average Bonchev–Trinajstić information content (AvgIpc) is 3.05. The van der Waals surface area contributed by atoms with Gasteiger partial charge in [-0.1, -0.05) is 32.4 Å². The van der Waals surface area contributed by atoms with E-state index in [1.54, 1.807) is 6.92 Å². The van der Waals surface area contributed by atoms with E-state index >= 15 is 0 Å². The molecule has 0 radical (unpaired) electrons. The van der Waals surface area contributed by atoms with E-state index in [0.717, 1.165) is 12.8 Å². The molecule has 134 valence electrons. The van der Waals surface area contributed by atoms with Crippen LogP contribution in [0.4, 0.5) is 0 Å². The van der Waals surface area contributed by atoms with E-state index in [2.05, 4.69) is 33.8 Å². The third-order valence-electron chi connectivity index (χ3n) is 7.47. The zero-order chi connectivity index (χ0) is 17.5. The minimum Gasteiger partial charge on any atom is -0.380 e. The zero-order valence-corrected chi connectivity index (χ0v) is 15.5. The first-order chi connectivity index (χ1) is 11.1. The Bertz CT molecular complexity index is 607. The topological polar surface area (TPSA) is 59.1 Å². The van der Waals surface area contributed by atoms with Gasteiger partial charge in [-0.15, -0.1) is 0 Å². The summed E-state index contributed by atoms with van der Waals surface area (Å²) < 4.78 is 12.2. The smallest absolute Gasteiger partial charge is 0.167 e. The van der Waals surface area contributed by atoms with Crippen molar-refractivity contribution >= 4 is 5.78 Å². The number of carbonyl (C=O) groups excluding carboxylic acids is 1. The molecule has 0 spiro atoms. The van der Waals surface area contributed by atoms with Crippen LogP contribution in [-0.2, 0) is 14.3 Å². The van der Waals surface area contributed by atoms with Crippen LogP contribution >= 0.6 is 0 Å². The van der Waals surface area contributed by atoms with Gasteiger partial charge in [0.1, 0.15) is 11.2 Å². The predicted octanol–water partition coefficient (Wildman–Crippen LogP) is 3.02. The Morgan fingerprint density at radius 3 is 2.58 bits per heavy atom. The fourth-order valence-electron chi connectivity index (χ4n) is 5.50. The Balaban J connectivity index is 1.76. The summed E-state index contributed by atoms with van der Waals surface area (Å²) in [6, 6.07) is 0. The van der Waals surface area contributed by atoms with Crippen molar-refractivity contribution in [2.24, 2.45) is 17.3 Å². The third-order valence-corrected chi connectivity index (χ3v) is 7.47. The number of aliphatic hydroxyl groups is 1. The van der Waals surface area contributed by atoms with Crippen LogP contribution in [0.25, 0.3) is 0 Å². The molecule has 2 bridgehead atoms. The van der Waals surface area contributed by atoms with Crippen molar-refractivity contribution in [2.45, 2.75) is 89.8 Å². The summed E-state index contributed by atoms with van der Waals surface area (Å²) in [5, 5.41) is 11.0. The standard InChI is InChI=1S/C20H30O4/c1-11(2)13-7-6-12-8-16-20(5)17(24-20)9-15(23-16)19(4,22)14(21)10-18(12,13)3/h6,11,13,15-17,22H,7-10H2,1-5H3. The molecule has 7 atom stereocenters. The fraction of sp³-hybridized carbons (Fsp3) is 0.850. The van der Waals surface area contributed by atoms with Crippen LogP contribution in [0.5, 0.6) is 0 Å². The van der Waals surface area contributed by atoms with Crippen molar-refractivity contribution in [2.75, 3.05) is 0 Å². The zero-order valence-electron chi connectivity index (χ0n) is 15.5. The lowest BCUT2D eigenvalue weighted by Gasteiger charge is -2.38. The van der Waals surface area contributed by atoms with E-state index in [0.29, 0.717) is 24.7 Å². The summed E-state index contributed by atoms with van der Waals surface area (Å²) in [6.07, 6.45) is 4.73. The van der Waals surface area contributed by atoms with E-state index in [1.165, 1.54) is 5.57 Å². The number of Topliss-reactive ketones (excluding diaryl/α,β-unsaturated/α-hetero) is 1. The first kappa shape index (κ1) is 16.7. The van der Waals surface area contributed by atoms with E-state index in [9.17, 15) is 9.90 Å². The highest BCUT2D eigenvalue weighted by Gasteiger charge is 2.66. The number of hydrogen-bond acceptors (Lipinski definition) is 4. The SMILES string of the molecule is CC(C)C1CC=C2CC3OC(CC4OC34C)C(C)(O)C(=O)CC21C. The van der Waals surface area contributed by atoms with Gasteiger partial charge in [0.2, 0.25) is 0 Å². The molecule has 0 aromatic carbocycles.